The number of amides is 1. The van der Waals surface area contributed by atoms with Crippen LogP contribution in [0.1, 0.15) is 42.3 Å². The molecular weight excluding hydrogens is 380 g/mol. The average Bonchev–Trinajstić information content (AvgIpc) is 3.35. The van der Waals surface area contributed by atoms with Crippen molar-refractivity contribution in [2.24, 2.45) is 11.8 Å². The first-order valence-corrected chi connectivity index (χ1v) is 10.5. The number of hydrogen-bond donors (Lipinski definition) is 2. The highest BCUT2D eigenvalue weighted by Crippen LogP contribution is 2.37. The summed E-state index contributed by atoms with van der Waals surface area (Å²) in [6, 6.07) is 5.26. The topological polar surface area (TPSA) is 89.9 Å². The highest BCUT2D eigenvalue weighted by molar-refractivity contribution is 7.12. The Morgan fingerprint density at radius 2 is 2.11 bits per heavy atom. The smallest absolute Gasteiger partial charge is 0.267 e. The minimum atomic E-state index is -0.247. The van der Waals surface area contributed by atoms with Crippen LogP contribution in [-0.2, 0) is 0 Å². The Bertz CT molecular complexity index is 830. The number of hydrogen-bond acceptors (Lipinski definition) is 7. The van der Waals surface area contributed by atoms with E-state index in [0.29, 0.717) is 46.4 Å². The van der Waals surface area contributed by atoms with Gasteiger partial charge >= 0.3 is 0 Å². The third kappa shape index (κ3) is 4.23. The number of carbonyl (C=O) groups is 1. The fraction of sp³-hybridized carbons (Fsp3) is 0.500. The lowest BCUT2D eigenvalue weighted by atomic mass is 9.80. The molecule has 1 aromatic carbocycles. The first kappa shape index (κ1) is 19.0. The van der Waals surface area contributed by atoms with E-state index in [1.54, 1.807) is 23.7 Å². The summed E-state index contributed by atoms with van der Waals surface area (Å²) < 4.78 is 16.4. The van der Waals surface area contributed by atoms with Gasteiger partial charge in [-0.3, -0.25) is 4.79 Å². The summed E-state index contributed by atoms with van der Waals surface area (Å²) in [5, 5.41) is 12.7. The molecule has 1 saturated carbocycles. The largest absolute Gasteiger partial charge is 0.454 e. The van der Waals surface area contributed by atoms with Crippen LogP contribution in [0.3, 0.4) is 0 Å². The number of rotatable bonds is 6. The lowest BCUT2D eigenvalue weighted by Gasteiger charge is -2.30. The van der Waals surface area contributed by atoms with Gasteiger partial charge in [0, 0.05) is 12.6 Å². The summed E-state index contributed by atoms with van der Waals surface area (Å²) in [5.41, 5.74) is 1.60. The van der Waals surface area contributed by atoms with Crippen LogP contribution in [0.15, 0.2) is 23.7 Å². The SMILES string of the molecule is CC(O)C1CCC(CNC(=O)c2scnc2Oc2ccc3c(c2)OCO3)CC1. The van der Waals surface area contributed by atoms with Crippen LogP contribution in [0.2, 0.25) is 0 Å². The number of nitrogens with one attached hydrogen (secondary N) is 1. The van der Waals surface area contributed by atoms with E-state index in [4.69, 9.17) is 14.2 Å². The summed E-state index contributed by atoms with van der Waals surface area (Å²) in [4.78, 5) is 17.3. The molecule has 7 nitrogen and oxygen atoms in total. The second-order valence-electron chi connectivity index (χ2n) is 7.34. The molecule has 1 aliphatic heterocycles. The number of nitrogens with zero attached hydrogens (tertiary/aromatic N) is 1. The van der Waals surface area contributed by atoms with Gasteiger partial charge < -0.3 is 24.6 Å². The van der Waals surface area contributed by atoms with Gasteiger partial charge in [-0.2, -0.15) is 0 Å². The van der Waals surface area contributed by atoms with E-state index < -0.39 is 0 Å². The molecule has 1 aromatic heterocycles. The van der Waals surface area contributed by atoms with Crippen molar-refractivity contribution in [3.63, 3.8) is 0 Å². The molecule has 2 heterocycles. The molecule has 2 N–H and O–H groups in total. The lowest BCUT2D eigenvalue weighted by Crippen LogP contribution is -2.32. The van der Waals surface area contributed by atoms with E-state index >= 15 is 0 Å². The standard InChI is InChI=1S/C20H24N2O5S/c1-12(23)14-4-2-13(3-5-14)9-21-19(24)18-20(22-10-28-18)27-15-6-7-16-17(8-15)26-11-25-16/h6-8,10,12-14,23H,2-5,9,11H2,1H3,(H,21,24). The number of ether oxygens (including phenoxy) is 3. The van der Waals surface area contributed by atoms with Gasteiger partial charge in [0.05, 0.1) is 11.6 Å². The number of aromatic nitrogens is 1. The molecule has 1 fully saturated rings. The van der Waals surface area contributed by atoms with E-state index in [9.17, 15) is 9.90 Å². The summed E-state index contributed by atoms with van der Waals surface area (Å²) in [7, 11) is 0. The zero-order chi connectivity index (χ0) is 19.5. The third-order valence-electron chi connectivity index (χ3n) is 5.42. The minimum Gasteiger partial charge on any atom is -0.454 e. The van der Waals surface area contributed by atoms with Crippen molar-refractivity contribution >= 4 is 17.2 Å². The Kier molecular flexibility index (Phi) is 5.68. The maximum absolute atomic E-state index is 12.6. The van der Waals surface area contributed by atoms with E-state index in [0.717, 1.165) is 25.7 Å². The summed E-state index contributed by atoms with van der Waals surface area (Å²) in [5.74, 6) is 2.79. The number of fused-ring (bicyclic) bond motifs is 1. The summed E-state index contributed by atoms with van der Waals surface area (Å²) in [6.45, 7) is 2.69. The molecule has 2 aromatic rings. The molecule has 0 spiro atoms. The maximum atomic E-state index is 12.6. The molecule has 1 amide bonds. The molecule has 2 aliphatic rings. The molecule has 1 aliphatic carbocycles. The van der Waals surface area contributed by atoms with Crippen molar-refractivity contribution in [1.82, 2.24) is 10.3 Å². The molecule has 8 heteroatoms. The zero-order valence-electron chi connectivity index (χ0n) is 15.7. The van der Waals surface area contributed by atoms with E-state index in [1.165, 1.54) is 11.3 Å². The van der Waals surface area contributed by atoms with E-state index in [2.05, 4.69) is 10.3 Å². The van der Waals surface area contributed by atoms with Gasteiger partial charge in [-0.15, -0.1) is 11.3 Å². The van der Waals surface area contributed by atoms with E-state index in [-0.39, 0.29) is 18.8 Å². The van der Waals surface area contributed by atoms with Gasteiger partial charge in [0.25, 0.3) is 5.91 Å². The Morgan fingerprint density at radius 1 is 1.32 bits per heavy atom. The number of carbonyl (C=O) groups excluding carboxylic acids is 1. The fourth-order valence-electron chi connectivity index (χ4n) is 3.70. The average molecular weight is 404 g/mol. The van der Waals surface area contributed by atoms with Gasteiger partial charge in [0.1, 0.15) is 5.75 Å². The van der Waals surface area contributed by atoms with Crippen molar-refractivity contribution in [3.8, 4) is 23.1 Å². The minimum absolute atomic E-state index is 0.170. The number of benzene rings is 1. The number of aliphatic hydroxyl groups excluding tert-OH is 1. The normalized spacial score (nSPS) is 21.9. The third-order valence-corrected chi connectivity index (χ3v) is 6.23. The Morgan fingerprint density at radius 3 is 2.89 bits per heavy atom. The molecule has 1 atom stereocenters. The Labute approximate surface area is 167 Å². The van der Waals surface area contributed by atoms with Gasteiger partial charge in [0.2, 0.25) is 12.7 Å². The van der Waals surface area contributed by atoms with Gasteiger partial charge in [-0.25, -0.2) is 4.98 Å². The van der Waals surface area contributed by atoms with Crippen LogP contribution in [0, 0.1) is 11.8 Å². The quantitative estimate of drug-likeness (QED) is 0.765. The molecule has 0 bridgehead atoms. The zero-order valence-corrected chi connectivity index (χ0v) is 16.5. The van der Waals surface area contributed by atoms with Crippen molar-refractivity contribution in [3.05, 3.63) is 28.6 Å². The first-order chi connectivity index (χ1) is 13.6. The first-order valence-electron chi connectivity index (χ1n) is 9.57. The fourth-order valence-corrected chi connectivity index (χ4v) is 4.33. The Balaban J connectivity index is 1.33. The van der Waals surface area contributed by atoms with Crippen LogP contribution >= 0.6 is 11.3 Å². The summed E-state index contributed by atoms with van der Waals surface area (Å²) >= 11 is 1.26. The lowest BCUT2D eigenvalue weighted by molar-refractivity contribution is 0.0840. The number of thiazole rings is 1. The molecule has 1 unspecified atom stereocenters. The van der Waals surface area contributed by atoms with Crippen molar-refractivity contribution in [2.45, 2.75) is 38.7 Å². The molecule has 4 rings (SSSR count). The monoisotopic (exact) mass is 404 g/mol. The number of aliphatic hydroxyl groups is 1. The highest BCUT2D eigenvalue weighted by Gasteiger charge is 2.25. The molecule has 150 valence electrons. The molecule has 0 radical (unpaired) electrons. The van der Waals surface area contributed by atoms with Crippen LogP contribution < -0.4 is 19.5 Å². The van der Waals surface area contributed by atoms with Gasteiger partial charge in [-0.05, 0) is 56.6 Å². The highest BCUT2D eigenvalue weighted by atomic mass is 32.1. The molecule has 28 heavy (non-hydrogen) atoms. The van der Waals surface area contributed by atoms with Crippen LogP contribution in [0.5, 0.6) is 23.1 Å². The van der Waals surface area contributed by atoms with Gasteiger partial charge in [-0.1, -0.05) is 0 Å². The van der Waals surface area contributed by atoms with E-state index in [1.807, 2.05) is 6.92 Å². The second-order valence-corrected chi connectivity index (χ2v) is 8.19. The van der Waals surface area contributed by atoms with Crippen molar-refractivity contribution in [2.75, 3.05) is 13.3 Å². The molecule has 0 saturated heterocycles. The second kappa shape index (κ2) is 8.36. The van der Waals surface area contributed by atoms with Crippen molar-refractivity contribution < 1.29 is 24.1 Å². The summed E-state index contributed by atoms with van der Waals surface area (Å²) in [6.07, 6.45) is 3.83. The molecular formula is C20H24N2O5S. The predicted molar refractivity (Wildman–Crippen MR) is 104 cm³/mol. The Hall–Kier alpha value is -2.32. The van der Waals surface area contributed by atoms with Crippen molar-refractivity contribution in [1.29, 1.82) is 0 Å². The van der Waals surface area contributed by atoms with Crippen LogP contribution in [0.25, 0.3) is 0 Å². The predicted octanol–water partition coefficient (Wildman–Crippen LogP) is 3.58. The maximum Gasteiger partial charge on any atom is 0.267 e. The van der Waals surface area contributed by atoms with Crippen LogP contribution in [-0.4, -0.2) is 35.4 Å². The van der Waals surface area contributed by atoms with Crippen LogP contribution in [0.4, 0.5) is 0 Å². The van der Waals surface area contributed by atoms with Gasteiger partial charge in [0.15, 0.2) is 16.4 Å².